The van der Waals surface area contributed by atoms with Gasteiger partial charge >= 0.3 is 0 Å². The van der Waals surface area contributed by atoms with E-state index in [1.807, 2.05) is 0 Å². The van der Waals surface area contributed by atoms with E-state index < -0.39 is 0 Å². The van der Waals surface area contributed by atoms with Crippen molar-refractivity contribution in [3.8, 4) is 5.88 Å². The topological polar surface area (TPSA) is 56.3 Å². The van der Waals surface area contributed by atoms with Crippen LogP contribution in [0.1, 0.15) is 19.3 Å². The fourth-order valence-corrected chi connectivity index (χ4v) is 2.74. The first-order valence-electron chi connectivity index (χ1n) is 6.22. The molecule has 1 aromatic rings. The number of hydrogen-bond donors (Lipinski definition) is 1. The van der Waals surface area contributed by atoms with E-state index in [2.05, 4.69) is 31.2 Å². The van der Waals surface area contributed by atoms with Crippen LogP contribution in [-0.4, -0.2) is 35.8 Å². The fourth-order valence-electron chi connectivity index (χ4n) is 2.39. The minimum atomic E-state index is 0.322. The molecule has 0 spiro atoms. The van der Waals surface area contributed by atoms with Crippen LogP contribution in [0.3, 0.4) is 0 Å². The Labute approximate surface area is 114 Å². The first-order valence-corrected chi connectivity index (χ1v) is 7.02. The largest absolute Gasteiger partial charge is 0.480 e. The van der Waals surface area contributed by atoms with E-state index in [4.69, 9.17) is 9.47 Å². The molecule has 1 saturated heterocycles. The van der Waals surface area contributed by atoms with Gasteiger partial charge in [-0.05, 0) is 41.1 Å². The zero-order valence-electron chi connectivity index (χ0n) is 10.2. The number of nitrogens with zero attached hydrogens (tertiary/aromatic N) is 2. The molecule has 0 amide bonds. The van der Waals surface area contributed by atoms with Gasteiger partial charge in [-0.2, -0.15) is 4.98 Å². The van der Waals surface area contributed by atoms with E-state index in [0.29, 0.717) is 24.0 Å². The molecule has 0 bridgehead atoms. The molecule has 1 aliphatic carbocycles. The second-order valence-corrected chi connectivity index (χ2v) is 5.62. The van der Waals surface area contributed by atoms with E-state index >= 15 is 0 Å². The number of hydrogen-bond acceptors (Lipinski definition) is 5. The molecule has 1 saturated carbocycles. The van der Waals surface area contributed by atoms with E-state index in [0.717, 1.165) is 23.4 Å². The molecule has 2 heterocycles. The van der Waals surface area contributed by atoms with Crippen molar-refractivity contribution in [3.63, 3.8) is 0 Å². The maximum atomic E-state index is 5.78. The summed E-state index contributed by atoms with van der Waals surface area (Å²) in [5, 5.41) is 3.37. The molecule has 98 valence electrons. The van der Waals surface area contributed by atoms with Crippen LogP contribution in [0.4, 0.5) is 5.95 Å². The number of ether oxygens (including phenoxy) is 2. The Morgan fingerprint density at radius 2 is 2.28 bits per heavy atom. The molecular weight excluding hydrogens is 298 g/mol. The maximum Gasteiger partial charge on any atom is 0.232 e. The van der Waals surface area contributed by atoms with Gasteiger partial charge in [-0.25, -0.2) is 4.98 Å². The molecular formula is C12H16BrN3O2. The monoisotopic (exact) mass is 313 g/mol. The van der Waals surface area contributed by atoms with Crippen molar-refractivity contribution in [2.75, 3.05) is 19.0 Å². The Morgan fingerprint density at radius 1 is 1.44 bits per heavy atom. The van der Waals surface area contributed by atoms with Crippen molar-refractivity contribution < 1.29 is 9.47 Å². The number of nitrogens with one attached hydrogen (secondary N) is 1. The van der Waals surface area contributed by atoms with Gasteiger partial charge in [0.05, 0.1) is 29.9 Å². The highest BCUT2D eigenvalue weighted by Gasteiger charge is 2.40. The van der Waals surface area contributed by atoms with Crippen LogP contribution in [0.5, 0.6) is 5.88 Å². The predicted octanol–water partition coefficient (Wildman–Crippen LogP) is 2.23. The van der Waals surface area contributed by atoms with E-state index in [1.54, 1.807) is 13.3 Å². The van der Waals surface area contributed by atoms with Gasteiger partial charge in [0.25, 0.3) is 0 Å². The lowest BCUT2D eigenvalue weighted by Crippen LogP contribution is -2.31. The molecule has 0 radical (unpaired) electrons. The molecule has 1 aliphatic heterocycles. The predicted molar refractivity (Wildman–Crippen MR) is 70.8 cm³/mol. The van der Waals surface area contributed by atoms with Gasteiger partial charge in [0.1, 0.15) is 0 Å². The molecule has 2 unspecified atom stereocenters. The third-order valence-corrected chi connectivity index (χ3v) is 3.99. The van der Waals surface area contributed by atoms with Gasteiger partial charge in [0, 0.05) is 6.61 Å². The Balaban J connectivity index is 1.71. The Morgan fingerprint density at radius 3 is 3.00 bits per heavy atom. The number of methoxy groups -OCH3 is 1. The average Bonchev–Trinajstić information content (AvgIpc) is 3.12. The van der Waals surface area contributed by atoms with Crippen LogP contribution < -0.4 is 10.1 Å². The Kier molecular flexibility index (Phi) is 3.39. The Bertz CT molecular complexity index is 439. The van der Waals surface area contributed by atoms with Crippen LogP contribution >= 0.6 is 15.9 Å². The molecule has 6 heteroatoms. The van der Waals surface area contributed by atoms with E-state index in [9.17, 15) is 0 Å². The van der Waals surface area contributed by atoms with Gasteiger partial charge in [0.2, 0.25) is 11.8 Å². The zero-order valence-corrected chi connectivity index (χ0v) is 11.8. The van der Waals surface area contributed by atoms with E-state index in [-0.39, 0.29) is 0 Å². The van der Waals surface area contributed by atoms with Crippen LogP contribution in [0.25, 0.3) is 0 Å². The number of anilines is 1. The number of rotatable bonds is 4. The summed E-state index contributed by atoms with van der Waals surface area (Å²) in [6, 6.07) is 0.323. The van der Waals surface area contributed by atoms with Gasteiger partial charge < -0.3 is 14.8 Å². The second-order valence-electron chi connectivity index (χ2n) is 4.76. The molecule has 2 aliphatic rings. The summed E-state index contributed by atoms with van der Waals surface area (Å²) in [6.07, 6.45) is 5.61. The normalized spacial score (nSPS) is 27.2. The van der Waals surface area contributed by atoms with Crippen LogP contribution in [-0.2, 0) is 4.74 Å². The maximum absolute atomic E-state index is 5.78. The van der Waals surface area contributed by atoms with Gasteiger partial charge in [0.15, 0.2) is 0 Å². The van der Waals surface area contributed by atoms with Gasteiger partial charge in [-0.15, -0.1) is 0 Å². The lowest BCUT2D eigenvalue weighted by molar-refractivity contribution is 0.0897. The first kappa shape index (κ1) is 12.2. The van der Waals surface area contributed by atoms with Crippen molar-refractivity contribution in [3.05, 3.63) is 10.7 Å². The SMILES string of the molecule is COc1nc(NC2CCOC2C2CC2)ncc1Br. The highest BCUT2D eigenvalue weighted by atomic mass is 79.9. The highest BCUT2D eigenvalue weighted by molar-refractivity contribution is 9.10. The molecule has 2 fully saturated rings. The summed E-state index contributed by atoms with van der Waals surface area (Å²) in [6.45, 7) is 0.826. The first-order chi connectivity index (χ1) is 8.78. The smallest absolute Gasteiger partial charge is 0.232 e. The molecule has 18 heavy (non-hydrogen) atoms. The van der Waals surface area contributed by atoms with Crippen LogP contribution in [0.2, 0.25) is 0 Å². The minimum Gasteiger partial charge on any atom is -0.480 e. The van der Waals surface area contributed by atoms with Crippen LogP contribution in [0.15, 0.2) is 10.7 Å². The summed E-state index contributed by atoms with van der Waals surface area (Å²) >= 11 is 3.35. The number of aromatic nitrogens is 2. The molecule has 2 atom stereocenters. The fraction of sp³-hybridized carbons (Fsp3) is 0.667. The summed E-state index contributed by atoms with van der Waals surface area (Å²) in [5.41, 5.74) is 0. The quantitative estimate of drug-likeness (QED) is 0.923. The Hall–Kier alpha value is -0.880. The van der Waals surface area contributed by atoms with Gasteiger partial charge in [-0.1, -0.05) is 0 Å². The number of halogens is 1. The lowest BCUT2D eigenvalue weighted by atomic mass is 10.1. The third kappa shape index (κ3) is 2.44. The summed E-state index contributed by atoms with van der Waals surface area (Å²) in [7, 11) is 1.60. The molecule has 1 N–H and O–H groups in total. The molecule has 3 rings (SSSR count). The van der Waals surface area contributed by atoms with Crippen molar-refractivity contribution in [1.82, 2.24) is 9.97 Å². The summed E-state index contributed by atoms with van der Waals surface area (Å²) < 4.78 is 11.7. The second kappa shape index (κ2) is 5.01. The van der Waals surface area contributed by atoms with Crippen molar-refractivity contribution >= 4 is 21.9 Å². The average molecular weight is 314 g/mol. The summed E-state index contributed by atoms with van der Waals surface area (Å²) in [4.78, 5) is 8.58. The van der Waals surface area contributed by atoms with Crippen molar-refractivity contribution in [1.29, 1.82) is 0 Å². The molecule has 1 aromatic heterocycles. The van der Waals surface area contributed by atoms with Gasteiger partial charge in [-0.3, -0.25) is 0 Å². The van der Waals surface area contributed by atoms with E-state index in [1.165, 1.54) is 12.8 Å². The third-order valence-electron chi connectivity index (χ3n) is 3.44. The minimum absolute atomic E-state index is 0.322. The molecule has 0 aromatic carbocycles. The highest BCUT2D eigenvalue weighted by Crippen LogP contribution is 2.39. The van der Waals surface area contributed by atoms with Crippen molar-refractivity contribution in [2.24, 2.45) is 5.92 Å². The lowest BCUT2D eigenvalue weighted by Gasteiger charge is -2.19. The summed E-state index contributed by atoms with van der Waals surface area (Å²) in [5.74, 6) is 1.88. The zero-order chi connectivity index (χ0) is 12.5. The standard InChI is InChI=1S/C12H16BrN3O2/c1-17-11-8(13)6-14-12(16-11)15-9-4-5-18-10(9)7-2-3-7/h6-7,9-10H,2-5H2,1H3,(H,14,15,16). The van der Waals surface area contributed by atoms with Crippen molar-refractivity contribution in [2.45, 2.75) is 31.4 Å². The molecule has 5 nitrogen and oxygen atoms in total. The van der Waals surface area contributed by atoms with Crippen LogP contribution in [0, 0.1) is 5.92 Å².